The summed E-state index contributed by atoms with van der Waals surface area (Å²) in [6, 6.07) is 0. The van der Waals surface area contributed by atoms with Gasteiger partial charge in [0.05, 0.1) is 32.0 Å². The Labute approximate surface area is 371 Å². The first kappa shape index (κ1) is 57.0. The minimum atomic E-state index is -4.70. The van der Waals surface area contributed by atoms with Gasteiger partial charge in [0.2, 0.25) is 0 Å². The summed E-state index contributed by atoms with van der Waals surface area (Å²) in [4.78, 5) is 47.7. The SMILES string of the molecule is CCCCC/C=C\C/C=C\C/C=C\C/C=C\CCCCCC(=O)O[C@H](COC(=O)CCC/C=C\C[C@H]1[C@@H](O)CC(=O)[C@@H]1/C=C/[C@@H](O)CCCCC)COP(=O)(O)OC[C@@H](O)CO. The maximum atomic E-state index is 12.7. The van der Waals surface area contributed by atoms with Crippen molar-refractivity contribution in [2.75, 3.05) is 26.4 Å². The van der Waals surface area contributed by atoms with Crippen LogP contribution in [0.3, 0.4) is 0 Å². The van der Waals surface area contributed by atoms with Crippen molar-refractivity contribution in [1.29, 1.82) is 0 Å². The normalized spacial score (nSPS) is 19.8. The summed E-state index contributed by atoms with van der Waals surface area (Å²) in [7, 11) is -4.70. The first-order chi connectivity index (χ1) is 29.9. The van der Waals surface area contributed by atoms with E-state index in [0.29, 0.717) is 32.1 Å². The van der Waals surface area contributed by atoms with E-state index in [4.69, 9.17) is 19.1 Å². The maximum Gasteiger partial charge on any atom is 0.472 e. The smallest absolute Gasteiger partial charge is 0.462 e. The molecule has 1 saturated carbocycles. The zero-order valence-electron chi connectivity index (χ0n) is 37.5. The fourth-order valence-corrected chi connectivity index (χ4v) is 7.33. The number of rotatable bonds is 38. The van der Waals surface area contributed by atoms with Gasteiger partial charge in [-0.1, -0.05) is 125 Å². The van der Waals surface area contributed by atoms with E-state index in [9.17, 15) is 39.2 Å². The molecule has 14 heteroatoms. The van der Waals surface area contributed by atoms with E-state index >= 15 is 0 Å². The van der Waals surface area contributed by atoms with Crippen LogP contribution in [0.15, 0.2) is 72.9 Å². The topological polar surface area (TPSA) is 206 Å². The van der Waals surface area contributed by atoms with Gasteiger partial charge in [-0.05, 0) is 77.0 Å². The molecule has 0 aliphatic heterocycles. The number of hydrogen-bond donors (Lipinski definition) is 5. The molecular weight excluding hydrogens is 815 g/mol. The second kappa shape index (κ2) is 37.4. The van der Waals surface area contributed by atoms with Crippen LogP contribution in [0.4, 0.5) is 0 Å². The molecule has 1 fully saturated rings. The van der Waals surface area contributed by atoms with Gasteiger partial charge in [0.25, 0.3) is 0 Å². The Hall–Kier alpha value is -3.00. The number of phosphoric ester groups is 1. The average Bonchev–Trinajstić information content (AvgIpc) is 3.52. The molecule has 0 radical (unpaired) electrons. The Morgan fingerprint density at radius 1 is 0.726 bits per heavy atom. The van der Waals surface area contributed by atoms with Gasteiger partial charge in [0, 0.05) is 31.1 Å². The number of hydrogen-bond acceptors (Lipinski definition) is 12. The summed E-state index contributed by atoms with van der Waals surface area (Å²) < 4.78 is 32.7. The highest BCUT2D eigenvalue weighted by Crippen LogP contribution is 2.43. The van der Waals surface area contributed by atoms with Crippen LogP contribution < -0.4 is 0 Å². The van der Waals surface area contributed by atoms with Crippen LogP contribution in [0.5, 0.6) is 0 Å². The molecule has 62 heavy (non-hydrogen) atoms. The van der Waals surface area contributed by atoms with E-state index in [0.717, 1.165) is 64.2 Å². The summed E-state index contributed by atoms with van der Waals surface area (Å²) in [5.41, 5.74) is 0. The number of unbranched alkanes of at least 4 members (excludes halogenated alkanes) is 9. The van der Waals surface area contributed by atoms with Crippen LogP contribution in [0.1, 0.15) is 149 Å². The Morgan fingerprint density at radius 2 is 1.29 bits per heavy atom. The van der Waals surface area contributed by atoms with Crippen molar-refractivity contribution in [2.45, 2.75) is 173 Å². The molecule has 5 N–H and O–H groups in total. The van der Waals surface area contributed by atoms with Crippen molar-refractivity contribution >= 4 is 25.5 Å². The fraction of sp³-hybridized carbons (Fsp3) is 0.688. The number of allylic oxidation sites excluding steroid dienone is 11. The van der Waals surface area contributed by atoms with Crippen LogP contribution in [-0.4, -0.2) is 93.9 Å². The summed E-state index contributed by atoms with van der Waals surface area (Å²) in [6.07, 6.45) is 36.6. The van der Waals surface area contributed by atoms with E-state index < -0.39 is 76.5 Å². The molecule has 0 heterocycles. The van der Waals surface area contributed by atoms with Gasteiger partial charge < -0.3 is 34.8 Å². The van der Waals surface area contributed by atoms with Crippen LogP contribution >= 0.6 is 7.82 Å². The van der Waals surface area contributed by atoms with Gasteiger partial charge in [-0.3, -0.25) is 23.4 Å². The average molecular weight is 895 g/mol. The van der Waals surface area contributed by atoms with E-state index in [1.54, 1.807) is 12.2 Å². The Morgan fingerprint density at radius 3 is 1.94 bits per heavy atom. The molecule has 1 aliphatic carbocycles. The number of phosphoric acid groups is 1. The molecule has 0 aromatic carbocycles. The maximum absolute atomic E-state index is 12.7. The molecule has 0 saturated heterocycles. The standard InChI is InChI=1S/C48H79O13P/c1-3-5-7-8-9-10-11-12-13-14-15-16-17-18-19-20-21-22-28-32-48(55)61-42(39-60-62(56,57)59-37-41(51)36-49)38-58-47(54)31-27-24-23-26-30-43-44(46(53)35-45(43)52)34-33-40(50)29-25-6-4-2/h9-10,12-13,15-16,18-19,23,26,33-34,40-45,49-52H,3-8,11,14,17,20-22,24-25,27-32,35-39H2,1-2H3,(H,56,57)/b10-9-,13-12-,16-15-,19-18-,26-23-,34-33+/t40-,41-,42+,43+,44+,45-/m0/s1. The molecule has 0 aromatic rings. The molecule has 354 valence electrons. The van der Waals surface area contributed by atoms with Crippen molar-refractivity contribution < 1.29 is 62.8 Å². The highest BCUT2D eigenvalue weighted by Gasteiger charge is 2.39. The van der Waals surface area contributed by atoms with Gasteiger partial charge in [0.1, 0.15) is 18.5 Å². The lowest BCUT2D eigenvalue weighted by atomic mass is 9.90. The van der Waals surface area contributed by atoms with E-state index in [1.165, 1.54) is 19.3 Å². The fourth-order valence-electron chi connectivity index (χ4n) is 6.54. The number of ether oxygens (including phenoxy) is 2. The zero-order valence-corrected chi connectivity index (χ0v) is 38.4. The quantitative estimate of drug-likeness (QED) is 0.0170. The van der Waals surface area contributed by atoms with Crippen LogP contribution in [0, 0.1) is 11.8 Å². The number of ketones is 1. The van der Waals surface area contributed by atoms with E-state index in [-0.39, 0.29) is 31.0 Å². The van der Waals surface area contributed by atoms with Gasteiger partial charge in [-0.2, -0.15) is 0 Å². The van der Waals surface area contributed by atoms with Crippen molar-refractivity contribution in [2.24, 2.45) is 11.8 Å². The Kier molecular flexibility index (Phi) is 34.4. The summed E-state index contributed by atoms with van der Waals surface area (Å²) in [6.45, 7) is 1.89. The molecule has 1 unspecified atom stereocenters. The largest absolute Gasteiger partial charge is 0.472 e. The lowest BCUT2D eigenvalue weighted by Gasteiger charge is -2.20. The van der Waals surface area contributed by atoms with Gasteiger partial charge in [-0.15, -0.1) is 0 Å². The highest BCUT2D eigenvalue weighted by atomic mass is 31.2. The summed E-state index contributed by atoms with van der Waals surface area (Å²) in [5, 5.41) is 39.1. The van der Waals surface area contributed by atoms with Crippen LogP contribution in [0.25, 0.3) is 0 Å². The van der Waals surface area contributed by atoms with Crippen molar-refractivity contribution in [1.82, 2.24) is 0 Å². The predicted molar refractivity (Wildman–Crippen MR) is 243 cm³/mol. The number of aliphatic hydroxyl groups is 4. The van der Waals surface area contributed by atoms with Gasteiger partial charge in [-0.25, -0.2) is 4.57 Å². The lowest BCUT2D eigenvalue weighted by Crippen LogP contribution is -2.29. The van der Waals surface area contributed by atoms with Crippen molar-refractivity contribution in [3.8, 4) is 0 Å². The third kappa shape index (κ3) is 30.9. The minimum absolute atomic E-state index is 0.0395. The summed E-state index contributed by atoms with van der Waals surface area (Å²) >= 11 is 0. The van der Waals surface area contributed by atoms with Crippen LogP contribution in [-0.2, 0) is 37.5 Å². The monoisotopic (exact) mass is 895 g/mol. The van der Waals surface area contributed by atoms with Gasteiger partial charge in [0.15, 0.2) is 6.10 Å². The number of carbonyl (C=O) groups is 3. The van der Waals surface area contributed by atoms with Gasteiger partial charge >= 0.3 is 19.8 Å². The third-order valence-electron chi connectivity index (χ3n) is 10.2. The first-order valence-electron chi connectivity index (χ1n) is 23.0. The van der Waals surface area contributed by atoms with E-state index in [1.807, 2.05) is 12.2 Å². The molecule has 0 spiro atoms. The minimum Gasteiger partial charge on any atom is -0.462 e. The third-order valence-corrected chi connectivity index (χ3v) is 11.2. The molecule has 0 bridgehead atoms. The Bertz CT molecular complexity index is 1420. The van der Waals surface area contributed by atoms with E-state index in [2.05, 4.69) is 67.0 Å². The second-order valence-electron chi connectivity index (χ2n) is 15.9. The number of aliphatic hydroxyl groups excluding tert-OH is 4. The molecule has 1 rings (SSSR count). The molecule has 7 atom stereocenters. The molecule has 13 nitrogen and oxygen atoms in total. The molecule has 1 aliphatic rings. The lowest BCUT2D eigenvalue weighted by molar-refractivity contribution is -0.161. The number of carbonyl (C=O) groups excluding carboxylic acids is 3. The van der Waals surface area contributed by atoms with Crippen molar-refractivity contribution in [3.63, 3.8) is 0 Å². The molecular formula is C48H79O13P. The Balaban J connectivity index is 2.48. The molecule has 0 amide bonds. The predicted octanol–water partition coefficient (Wildman–Crippen LogP) is 9.03. The molecule has 0 aromatic heterocycles. The number of esters is 2. The first-order valence-corrected chi connectivity index (χ1v) is 24.5. The highest BCUT2D eigenvalue weighted by molar-refractivity contribution is 7.47. The summed E-state index contributed by atoms with van der Waals surface area (Å²) in [5.74, 6) is -1.97. The van der Waals surface area contributed by atoms with Crippen molar-refractivity contribution in [3.05, 3.63) is 72.9 Å². The number of Topliss-reactive ketones (excluding diaryl/α,β-unsaturated/α-hetero) is 1. The second-order valence-corrected chi connectivity index (χ2v) is 17.3. The van der Waals surface area contributed by atoms with Crippen LogP contribution in [0.2, 0.25) is 0 Å². The zero-order chi connectivity index (χ0) is 45.7.